The molecule has 4 atom stereocenters. The van der Waals surface area contributed by atoms with Gasteiger partial charge in [0.1, 0.15) is 0 Å². The highest BCUT2D eigenvalue weighted by Crippen LogP contribution is 2.65. The van der Waals surface area contributed by atoms with Crippen molar-refractivity contribution < 1.29 is 4.79 Å². The van der Waals surface area contributed by atoms with E-state index >= 15 is 0 Å². The van der Waals surface area contributed by atoms with Crippen molar-refractivity contribution in [2.24, 2.45) is 17.3 Å². The van der Waals surface area contributed by atoms with Crippen LogP contribution in [0.15, 0.2) is 24.3 Å². The van der Waals surface area contributed by atoms with Crippen molar-refractivity contribution in [2.45, 2.75) is 49.3 Å². The molecular weight excluding hydrogens is 424 g/mol. The lowest BCUT2D eigenvalue weighted by Crippen LogP contribution is -2.55. The predicted molar refractivity (Wildman–Crippen MR) is 114 cm³/mol. The summed E-state index contributed by atoms with van der Waals surface area (Å²) in [7, 11) is 0. The molecular formula is C22H28BrClN2O. The molecule has 1 aromatic carbocycles. The lowest BCUT2D eigenvalue weighted by atomic mass is 9.48. The summed E-state index contributed by atoms with van der Waals surface area (Å²) in [5.41, 5.74) is 1.36. The summed E-state index contributed by atoms with van der Waals surface area (Å²) in [5, 5.41) is 0.800. The van der Waals surface area contributed by atoms with E-state index in [0.717, 1.165) is 55.1 Å². The second-order valence-corrected chi connectivity index (χ2v) is 11.7. The Hall–Kier alpha value is -0.740. The fourth-order valence-corrected chi connectivity index (χ4v) is 8.65. The third kappa shape index (κ3) is 3.42. The molecule has 0 aromatic heterocycles. The molecule has 146 valence electrons. The topological polar surface area (TPSA) is 23.6 Å². The molecule has 5 fully saturated rings. The van der Waals surface area contributed by atoms with Crippen molar-refractivity contribution in [1.29, 1.82) is 0 Å². The number of alkyl halides is 1. The van der Waals surface area contributed by atoms with Crippen LogP contribution in [0.2, 0.25) is 5.02 Å². The van der Waals surface area contributed by atoms with E-state index < -0.39 is 0 Å². The zero-order valence-corrected chi connectivity index (χ0v) is 18.1. The molecule has 6 rings (SSSR count). The van der Waals surface area contributed by atoms with Crippen LogP contribution < -0.4 is 4.90 Å². The van der Waals surface area contributed by atoms with Crippen molar-refractivity contribution in [3.8, 4) is 0 Å². The van der Waals surface area contributed by atoms with E-state index in [0.29, 0.717) is 10.2 Å². The van der Waals surface area contributed by atoms with Crippen LogP contribution >= 0.6 is 27.5 Å². The fraction of sp³-hybridized carbons (Fsp3) is 0.682. The number of nitrogens with zero attached hydrogens (tertiary/aromatic N) is 2. The molecule has 2 unspecified atom stereocenters. The van der Waals surface area contributed by atoms with Crippen molar-refractivity contribution in [1.82, 2.24) is 4.90 Å². The maximum atomic E-state index is 13.2. The molecule has 5 aliphatic rings. The number of benzene rings is 1. The lowest BCUT2D eigenvalue weighted by Gasteiger charge is -2.60. The highest BCUT2D eigenvalue weighted by Gasteiger charge is 2.57. The second kappa shape index (κ2) is 6.66. The van der Waals surface area contributed by atoms with Gasteiger partial charge in [-0.3, -0.25) is 4.79 Å². The Labute approximate surface area is 175 Å². The Bertz CT molecular complexity index is 732. The smallest absolute Gasteiger partial charge is 0.223 e. The van der Waals surface area contributed by atoms with Crippen molar-refractivity contribution in [2.75, 3.05) is 31.1 Å². The van der Waals surface area contributed by atoms with Crippen LogP contribution in [0.4, 0.5) is 5.69 Å². The molecule has 1 aromatic rings. The standard InChI is InChI=1S/C22H28BrClN2O/c23-22-12-16-9-17(13-22)11-21(10-16,15-22)14-20(27)26-7-5-25(6-8-26)19-4-2-1-3-18(19)24/h1-4,16-17H,5-15H2/t16-,17+,21?,22?. The SMILES string of the molecule is O=C(CC12C[C@@H]3C[C@@H](CC(Br)(C3)C1)C2)N1CCN(c2ccccc2Cl)CC1. The molecule has 1 aliphatic heterocycles. The van der Waals surface area contributed by atoms with Gasteiger partial charge in [0.05, 0.1) is 10.7 Å². The first-order valence-electron chi connectivity index (χ1n) is 10.4. The fourth-order valence-electron chi connectivity index (χ4n) is 6.88. The number of para-hydroxylation sites is 1. The molecule has 5 heteroatoms. The maximum absolute atomic E-state index is 13.2. The van der Waals surface area contributed by atoms with E-state index in [1.54, 1.807) is 0 Å². The van der Waals surface area contributed by atoms with Crippen molar-refractivity contribution in [3.05, 3.63) is 29.3 Å². The predicted octanol–water partition coefficient (Wildman–Crippen LogP) is 5.11. The summed E-state index contributed by atoms with van der Waals surface area (Å²) in [6, 6.07) is 8.01. The van der Waals surface area contributed by atoms with Gasteiger partial charge in [0.15, 0.2) is 0 Å². The van der Waals surface area contributed by atoms with Crippen LogP contribution in [0, 0.1) is 17.3 Å². The van der Waals surface area contributed by atoms with Gasteiger partial charge in [0, 0.05) is 36.9 Å². The molecule has 1 saturated heterocycles. The second-order valence-electron chi connectivity index (χ2n) is 9.61. The van der Waals surface area contributed by atoms with Gasteiger partial charge in [0.25, 0.3) is 0 Å². The van der Waals surface area contributed by atoms with E-state index in [9.17, 15) is 4.79 Å². The number of anilines is 1. The van der Waals surface area contributed by atoms with Gasteiger partial charge < -0.3 is 9.80 Å². The summed E-state index contributed by atoms with van der Waals surface area (Å²) < 4.78 is 0.333. The Balaban J connectivity index is 1.22. The van der Waals surface area contributed by atoms with Gasteiger partial charge in [-0.05, 0) is 67.9 Å². The number of hydrogen-bond acceptors (Lipinski definition) is 2. The molecule has 4 aliphatic carbocycles. The number of rotatable bonds is 3. The monoisotopic (exact) mass is 450 g/mol. The van der Waals surface area contributed by atoms with Crippen LogP contribution in [0.3, 0.4) is 0 Å². The van der Waals surface area contributed by atoms with Crippen LogP contribution in [0.1, 0.15) is 44.9 Å². The average Bonchev–Trinajstić information content (AvgIpc) is 2.60. The maximum Gasteiger partial charge on any atom is 0.223 e. The molecule has 0 spiro atoms. The Morgan fingerprint density at radius 1 is 1.07 bits per heavy atom. The third-order valence-corrected chi connectivity index (χ3v) is 8.71. The van der Waals surface area contributed by atoms with Gasteiger partial charge in [-0.25, -0.2) is 0 Å². The van der Waals surface area contributed by atoms with Crippen molar-refractivity contribution in [3.63, 3.8) is 0 Å². The minimum absolute atomic E-state index is 0.268. The van der Waals surface area contributed by atoms with Crippen LogP contribution in [-0.4, -0.2) is 41.3 Å². The summed E-state index contributed by atoms with van der Waals surface area (Å²) in [5.74, 6) is 2.07. The first-order chi connectivity index (χ1) is 12.9. The van der Waals surface area contributed by atoms with Crippen LogP contribution in [0.5, 0.6) is 0 Å². The third-order valence-electron chi connectivity index (χ3n) is 7.46. The minimum Gasteiger partial charge on any atom is -0.367 e. The minimum atomic E-state index is 0.268. The molecule has 0 N–H and O–H groups in total. The van der Waals surface area contributed by atoms with E-state index in [4.69, 9.17) is 11.6 Å². The number of halogens is 2. The summed E-state index contributed by atoms with van der Waals surface area (Å²) in [6.07, 6.45) is 8.59. The molecule has 4 bridgehead atoms. The first kappa shape index (κ1) is 18.3. The number of carbonyl (C=O) groups excluding carboxylic acids is 1. The quantitative estimate of drug-likeness (QED) is 0.596. The lowest BCUT2D eigenvalue weighted by molar-refractivity contribution is -0.138. The highest BCUT2D eigenvalue weighted by molar-refractivity contribution is 9.10. The van der Waals surface area contributed by atoms with Crippen molar-refractivity contribution >= 4 is 39.1 Å². The number of hydrogen-bond donors (Lipinski definition) is 0. The summed E-state index contributed by atoms with van der Waals surface area (Å²) in [4.78, 5) is 17.6. The average molecular weight is 452 g/mol. The molecule has 4 saturated carbocycles. The summed E-state index contributed by atoms with van der Waals surface area (Å²) in [6.45, 7) is 3.37. The zero-order chi connectivity index (χ0) is 18.6. The Morgan fingerprint density at radius 3 is 2.37 bits per heavy atom. The molecule has 1 heterocycles. The van der Waals surface area contributed by atoms with E-state index in [-0.39, 0.29) is 5.41 Å². The zero-order valence-electron chi connectivity index (χ0n) is 15.8. The Kier molecular flexibility index (Phi) is 4.51. The molecule has 27 heavy (non-hydrogen) atoms. The number of piperazine rings is 1. The molecule has 3 nitrogen and oxygen atoms in total. The highest BCUT2D eigenvalue weighted by atomic mass is 79.9. The van der Waals surface area contributed by atoms with E-state index in [1.807, 2.05) is 18.2 Å². The number of carbonyl (C=O) groups is 1. The van der Waals surface area contributed by atoms with Gasteiger partial charge in [-0.2, -0.15) is 0 Å². The van der Waals surface area contributed by atoms with Gasteiger partial charge in [0.2, 0.25) is 5.91 Å². The van der Waals surface area contributed by atoms with Crippen LogP contribution in [0.25, 0.3) is 0 Å². The van der Waals surface area contributed by atoms with E-state index in [1.165, 1.54) is 38.5 Å². The molecule has 0 radical (unpaired) electrons. The van der Waals surface area contributed by atoms with Gasteiger partial charge in [-0.15, -0.1) is 0 Å². The van der Waals surface area contributed by atoms with E-state index in [2.05, 4.69) is 31.8 Å². The Morgan fingerprint density at radius 2 is 1.74 bits per heavy atom. The van der Waals surface area contributed by atoms with Crippen LogP contribution in [-0.2, 0) is 4.79 Å². The van der Waals surface area contributed by atoms with Gasteiger partial charge in [-0.1, -0.05) is 39.7 Å². The normalized spacial score (nSPS) is 37.7. The van der Waals surface area contributed by atoms with Gasteiger partial charge >= 0.3 is 0 Å². The molecule has 1 amide bonds. The number of amides is 1. The first-order valence-corrected chi connectivity index (χ1v) is 11.6. The summed E-state index contributed by atoms with van der Waals surface area (Å²) >= 11 is 10.4. The largest absolute Gasteiger partial charge is 0.367 e.